The first kappa shape index (κ1) is 22.2. The molecule has 1 saturated heterocycles. The molecule has 1 heterocycles. The van der Waals surface area contributed by atoms with Crippen LogP contribution >= 0.6 is 0 Å². The molecule has 0 spiro atoms. The molecule has 1 fully saturated rings. The van der Waals surface area contributed by atoms with Crippen LogP contribution in [0.15, 0.2) is 23.1 Å². The fourth-order valence-corrected chi connectivity index (χ4v) is 4.63. The van der Waals surface area contributed by atoms with E-state index in [0.29, 0.717) is 19.5 Å². The Morgan fingerprint density at radius 2 is 2.04 bits per heavy atom. The molecular weight excluding hydrogens is 382 g/mol. The fraction of sp³-hybridized carbons (Fsp3) is 0.579. The Hall–Kier alpha value is -2.13. The van der Waals surface area contributed by atoms with Crippen molar-refractivity contribution in [2.75, 3.05) is 20.2 Å². The average molecular weight is 412 g/mol. The van der Waals surface area contributed by atoms with E-state index in [-0.39, 0.29) is 40.1 Å². The summed E-state index contributed by atoms with van der Waals surface area (Å²) in [6.07, 6.45) is 1.99. The Morgan fingerprint density at radius 1 is 1.32 bits per heavy atom. The molecule has 9 heteroatoms. The van der Waals surface area contributed by atoms with Crippen LogP contribution in [0.2, 0.25) is 0 Å². The number of rotatable bonds is 7. The first-order valence-electron chi connectivity index (χ1n) is 9.47. The number of likely N-dealkylation sites (tertiary alicyclic amines) is 1. The molecule has 0 aliphatic carbocycles. The highest BCUT2D eigenvalue weighted by Crippen LogP contribution is 2.26. The minimum Gasteiger partial charge on any atom is -0.495 e. The number of piperidine rings is 1. The minimum absolute atomic E-state index is 0.0446. The van der Waals surface area contributed by atoms with Gasteiger partial charge in [-0.3, -0.25) is 9.59 Å². The molecule has 1 aromatic carbocycles. The van der Waals surface area contributed by atoms with Crippen molar-refractivity contribution >= 4 is 21.8 Å². The van der Waals surface area contributed by atoms with E-state index in [4.69, 9.17) is 4.74 Å². The van der Waals surface area contributed by atoms with Gasteiger partial charge in [0.15, 0.2) is 0 Å². The number of carbonyl (C=O) groups is 2. The highest BCUT2D eigenvalue weighted by Gasteiger charge is 2.27. The molecular formula is C19H29N3O5S. The monoisotopic (exact) mass is 411 g/mol. The molecule has 2 amide bonds. The number of benzene rings is 1. The number of hydrogen-bond acceptors (Lipinski definition) is 5. The third-order valence-corrected chi connectivity index (χ3v) is 6.17. The van der Waals surface area contributed by atoms with Crippen LogP contribution < -0.4 is 14.8 Å². The van der Waals surface area contributed by atoms with Gasteiger partial charge in [-0.25, -0.2) is 13.1 Å². The lowest BCUT2D eigenvalue weighted by atomic mass is 10.0. The summed E-state index contributed by atoms with van der Waals surface area (Å²) >= 11 is 0. The number of methoxy groups -OCH3 is 1. The van der Waals surface area contributed by atoms with Crippen molar-refractivity contribution in [2.24, 2.45) is 0 Å². The largest absolute Gasteiger partial charge is 0.495 e. The van der Waals surface area contributed by atoms with Crippen LogP contribution in [-0.2, 0) is 14.8 Å². The van der Waals surface area contributed by atoms with Gasteiger partial charge >= 0.3 is 0 Å². The summed E-state index contributed by atoms with van der Waals surface area (Å²) in [7, 11) is -2.44. The number of ether oxygens (including phenoxy) is 1. The van der Waals surface area contributed by atoms with Crippen LogP contribution in [0.25, 0.3) is 0 Å². The maximum absolute atomic E-state index is 13.0. The van der Waals surface area contributed by atoms with Crippen molar-refractivity contribution in [3.63, 3.8) is 0 Å². The normalized spacial score (nSPS) is 17.5. The number of nitrogens with one attached hydrogen (secondary N) is 2. The van der Waals surface area contributed by atoms with Crippen molar-refractivity contribution in [3.05, 3.63) is 23.8 Å². The second kappa shape index (κ2) is 9.38. The fourth-order valence-electron chi connectivity index (χ4n) is 3.19. The predicted octanol–water partition coefficient (Wildman–Crippen LogP) is 1.51. The maximum atomic E-state index is 13.0. The van der Waals surface area contributed by atoms with Crippen LogP contribution in [0.3, 0.4) is 0 Å². The number of carbonyl (C=O) groups excluding carboxylic acids is 2. The van der Waals surface area contributed by atoms with Crippen molar-refractivity contribution < 1.29 is 22.7 Å². The standard InChI is InChI=1S/C19H29N3O5S/c1-5-18(23)20-15-7-6-10-22(12-15)19(24)14-8-9-16(27-4)17(11-14)28(25,26)21-13(2)3/h8-9,11,13,15,21H,5-7,10,12H2,1-4H3,(H,20,23). The zero-order chi connectivity index (χ0) is 20.9. The van der Waals surface area contributed by atoms with E-state index in [1.807, 2.05) is 0 Å². The van der Waals surface area contributed by atoms with Crippen LogP contribution in [0.1, 0.15) is 50.4 Å². The Kier molecular flexibility index (Phi) is 7.42. The molecule has 156 valence electrons. The molecule has 1 aliphatic rings. The first-order chi connectivity index (χ1) is 13.2. The van der Waals surface area contributed by atoms with Gasteiger partial charge in [-0.1, -0.05) is 6.92 Å². The van der Waals surface area contributed by atoms with Gasteiger partial charge in [0.2, 0.25) is 15.9 Å². The molecule has 2 rings (SSSR count). The van der Waals surface area contributed by atoms with Gasteiger partial charge in [-0.15, -0.1) is 0 Å². The summed E-state index contributed by atoms with van der Waals surface area (Å²) in [5.41, 5.74) is 0.271. The average Bonchev–Trinajstić information content (AvgIpc) is 2.66. The summed E-state index contributed by atoms with van der Waals surface area (Å²) in [6, 6.07) is 4.01. The molecule has 1 atom stereocenters. The Morgan fingerprint density at radius 3 is 2.64 bits per heavy atom. The highest BCUT2D eigenvalue weighted by molar-refractivity contribution is 7.89. The molecule has 8 nitrogen and oxygen atoms in total. The van der Waals surface area contributed by atoms with E-state index >= 15 is 0 Å². The van der Waals surface area contributed by atoms with Crippen LogP contribution in [-0.4, -0.2) is 57.4 Å². The Labute approximate surface area is 166 Å². The highest BCUT2D eigenvalue weighted by atomic mass is 32.2. The van der Waals surface area contributed by atoms with E-state index in [0.717, 1.165) is 12.8 Å². The van der Waals surface area contributed by atoms with E-state index in [2.05, 4.69) is 10.0 Å². The van der Waals surface area contributed by atoms with Crippen LogP contribution in [0.4, 0.5) is 0 Å². The number of nitrogens with zero attached hydrogens (tertiary/aromatic N) is 1. The Balaban J connectivity index is 2.26. The van der Waals surface area contributed by atoms with Gasteiger partial charge in [0, 0.05) is 37.2 Å². The molecule has 0 aromatic heterocycles. The molecule has 0 radical (unpaired) electrons. The van der Waals surface area contributed by atoms with E-state index in [1.54, 1.807) is 31.7 Å². The lowest BCUT2D eigenvalue weighted by Crippen LogP contribution is -2.49. The molecule has 1 aliphatic heterocycles. The molecule has 0 bridgehead atoms. The van der Waals surface area contributed by atoms with Gasteiger partial charge in [-0.2, -0.15) is 0 Å². The second-order valence-electron chi connectivity index (χ2n) is 7.15. The SMILES string of the molecule is CCC(=O)NC1CCCN(C(=O)c2ccc(OC)c(S(=O)(=O)NC(C)C)c2)C1. The second-order valence-corrected chi connectivity index (χ2v) is 8.84. The smallest absolute Gasteiger partial charge is 0.253 e. The van der Waals surface area contributed by atoms with Gasteiger partial charge in [-0.05, 0) is 44.9 Å². The van der Waals surface area contributed by atoms with Gasteiger partial charge in [0.05, 0.1) is 7.11 Å². The van der Waals surface area contributed by atoms with Gasteiger partial charge in [0.25, 0.3) is 5.91 Å². The topological polar surface area (TPSA) is 105 Å². The summed E-state index contributed by atoms with van der Waals surface area (Å²) in [4.78, 5) is 26.2. The first-order valence-corrected chi connectivity index (χ1v) is 10.9. The van der Waals surface area contributed by atoms with E-state index in [9.17, 15) is 18.0 Å². The molecule has 28 heavy (non-hydrogen) atoms. The molecule has 1 aromatic rings. The zero-order valence-corrected chi connectivity index (χ0v) is 17.6. The van der Waals surface area contributed by atoms with Crippen molar-refractivity contribution in [3.8, 4) is 5.75 Å². The molecule has 0 saturated carbocycles. The maximum Gasteiger partial charge on any atom is 0.253 e. The van der Waals surface area contributed by atoms with Gasteiger partial charge in [0.1, 0.15) is 10.6 Å². The number of hydrogen-bond donors (Lipinski definition) is 2. The number of amides is 2. The van der Waals surface area contributed by atoms with Crippen molar-refractivity contribution in [1.29, 1.82) is 0 Å². The van der Waals surface area contributed by atoms with Crippen LogP contribution in [0, 0.1) is 0 Å². The lowest BCUT2D eigenvalue weighted by Gasteiger charge is -2.33. The zero-order valence-electron chi connectivity index (χ0n) is 16.8. The summed E-state index contributed by atoms with van der Waals surface area (Å²) in [6.45, 7) is 6.19. The van der Waals surface area contributed by atoms with E-state index < -0.39 is 10.0 Å². The van der Waals surface area contributed by atoms with Crippen molar-refractivity contribution in [2.45, 2.75) is 57.0 Å². The summed E-state index contributed by atoms with van der Waals surface area (Å²) in [5, 5.41) is 2.92. The Bertz CT molecular complexity index is 823. The summed E-state index contributed by atoms with van der Waals surface area (Å²) < 4.78 is 32.9. The summed E-state index contributed by atoms with van der Waals surface area (Å²) in [5.74, 6) is -0.132. The van der Waals surface area contributed by atoms with E-state index in [1.165, 1.54) is 19.2 Å². The minimum atomic E-state index is -3.82. The number of sulfonamides is 1. The third kappa shape index (κ3) is 5.45. The molecule has 2 N–H and O–H groups in total. The van der Waals surface area contributed by atoms with Crippen molar-refractivity contribution in [1.82, 2.24) is 14.9 Å². The van der Waals surface area contributed by atoms with Crippen LogP contribution in [0.5, 0.6) is 5.75 Å². The quantitative estimate of drug-likeness (QED) is 0.708. The molecule has 1 unspecified atom stereocenters. The van der Waals surface area contributed by atoms with Gasteiger partial charge < -0.3 is 15.0 Å². The lowest BCUT2D eigenvalue weighted by molar-refractivity contribution is -0.121. The third-order valence-electron chi connectivity index (χ3n) is 4.49. The predicted molar refractivity (Wildman–Crippen MR) is 106 cm³/mol.